The van der Waals surface area contributed by atoms with Crippen LogP contribution in [-0.4, -0.2) is 0 Å². The topological polar surface area (TPSA) is 0 Å². The number of hydrogen-bond acceptors (Lipinski definition) is 0. The quantitative estimate of drug-likeness (QED) is 0.146. The van der Waals surface area contributed by atoms with Gasteiger partial charge in [0.1, 0.15) is 11.6 Å². The van der Waals surface area contributed by atoms with E-state index in [9.17, 15) is 8.78 Å². The molecule has 0 saturated heterocycles. The molecule has 2 aliphatic carbocycles. The summed E-state index contributed by atoms with van der Waals surface area (Å²) in [6, 6.07) is 36.1. The largest absolute Gasteiger partial charge is 4.00 e. The summed E-state index contributed by atoms with van der Waals surface area (Å²) < 4.78 is 29.6. The second-order valence-corrected chi connectivity index (χ2v) is 13.4. The molecule has 2 aliphatic heterocycles. The molecule has 4 aliphatic rings. The van der Waals surface area contributed by atoms with E-state index in [2.05, 4.69) is 83.3 Å². The summed E-state index contributed by atoms with van der Waals surface area (Å²) in [6.07, 6.45) is 10.5. The van der Waals surface area contributed by atoms with Gasteiger partial charge in [0.2, 0.25) is 0 Å². The molecule has 3 atom stereocenters. The van der Waals surface area contributed by atoms with Crippen LogP contribution in [0.5, 0.6) is 0 Å². The summed E-state index contributed by atoms with van der Waals surface area (Å²) in [5.74, 6) is -0.409. The van der Waals surface area contributed by atoms with E-state index in [-0.39, 0.29) is 74.5 Å². The Balaban J connectivity index is 0.000000197. The van der Waals surface area contributed by atoms with Crippen molar-refractivity contribution in [1.82, 2.24) is 0 Å². The molecule has 3 unspecified atom stereocenters. The second-order valence-electron chi connectivity index (χ2n) is 9.94. The van der Waals surface area contributed by atoms with Gasteiger partial charge in [-0.1, -0.05) is 118 Å². The standard InChI is InChI=1S/C21H12FIP.C15H10F.2ClH.Zr/c22-19-11-12-20-18-10-9-17(21(18)19)13-1-5-15(6-2-13)24(20)16-7-3-14(23)4-8-16;16-14-8-4-7-12-9-10-13(15(12)14)11-5-2-1-3-6-11;;;/h1-8,10-12,17H;1-9,13H;2*1H;/q2*-1;;;+4/p-2. The summed E-state index contributed by atoms with van der Waals surface area (Å²) in [4.78, 5) is 0. The van der Waals surface area contributed by atoms with E-state index in [1.54, 1.807) is 12.1 Å². The van der Waals surface area contributed by atoms with Gasteiger partial charge in [0.25, 0.3) is 0 Å². The third kappa shape index (κ3) is 6.42. The van der Waals surface area contributed by atoms with Gasteiger partial charge in [-0.25, -0.2) is 20.9 Å². The fraction of sp³-hybridized carbons (Fsp3) is 0.0556. The minimum absolute atomic E-state index is 0. The predicted octanol–water partition coefficient (Wildman–Crippen LogP) is 2.26. The van der Waals surface area contributed by atoms with E-state index >= 15 is 0 Å². The maximum atomic E-state index is 14.6. The number of benzene rings is 5. The molecule has 43 heavy (non-hydrogen) atoms. The Bertz CT molecular complexity index is 1790. The first-order valence-electron chi connectivity index (χ1n) is 13.1. The first kappa shape index (κ1) is 33.9. The van der Waals surface area contributed by atoms with Crippen LogP contribution in [0, 0.1) is 27.4 Å². The van der Waals surface area contributed by atoms with Crippen molar-refractivity contribution in [1.29, 1.82) is 0 Å². The molecule has 0 radical (unpaired) electrons. The molecule has 0 amide bonds. The Morgan fingerprint density at radius 2 is 1.16 bits per heavy atom. The zero-order chi connectivity index (χ0) is 27.2. The van der Waals surface area contributed by atoms with Crippen LogP contribution in [-0.2, 0) is 26.2 Å². The number of allylic oxidation sites excluding steroid dienone is 2. The average molecular weight is 813 g/mol. The summed E-state index contributed by atoms with van der Waals surface area (Å²) >= 11 is 2.33. The zero-order valence-corrected chi connectivity index (χ0v) is 29.6. The average Bonchev–Trinajstić information content (AvgIpc) is 3.64. The first-order chi connectivity index (χ1) is 19.6. The molecule has 5 aromatic rings. The van der Waals surface area contributed by atoms with Gasteiger partial charge in [-0.15, -0.1) is 6.07 Å². The third-order valence-electron chi connectivity index (χ3n) is 7.62. The molecular formula is C36H22Cl2F2IPZr. The predicted molar refractivity (Wildman–Crippen MR) is 170 cm³/mol. The van der Waals surface area contributed by atoms with Crippen LogP contribution in [0.1, 0.15) is 45.2 Å². The van der Waals surface area contributed by atoms with Crippen molar-refractivity contribution in [2.75, 3.05) is 0 Å². The summed E-state index contributed by atoms with van der Waals surface area (Å²) in [5.41, 5.74) is 5.71. The number of fused-ring (bicyclic) bond motifs is 3. The molecule has 9 rings (SSSR count). The SMILES string of the molecule is Fc1ccc2c3c1C([C-]=C3)c1ccc(cc1)P2c1ccc(I)cc1.Fc1cccc2c1C(c1ccccc1)[C-]=C2.[Cl-].[Cl-].[Zr+4]. The van der Waals surface area contributed by atoms with Crippen molar-refractivity contribution in [2.24, 2.45) is 0 Å². The zero-order valence-electron chi connectivity index (χ0n) is 22.5. The van der Waals surface area contributed by atoms with Crippen LogP contribution in [0.4, 0.5) is 8.78 Å². The summed E-state index contributed by atoms with van der Waals surface area (Å²) in [7, 11) is -0.695. The van der Waals surface area contributed by atoms with Gasteiger partial charge in [-0.3, -0.25) is 12.2 Å². The molecule has 7 heteroatoms. The van der Waals surface area contributed by atoms with E-state index in [0.29, 0.717) is 0 Å². The Kier molecular flexibility index (Phi) is 11.4. The molecular weight excluding hydrogens is 790 g/mol. The van der Waals surface area contributed by atoms with E-state index in [1.165, 1.54) is 25.6 Å². The monoisotopic (exact) mass is 810 g/mol. The minimum atomic E-state index is -0.695. The van der Waals surface area contributed by atoms with Gasteiger partial charge < -0.3 is 24.8 Å². The molecule has 5 aromatic carbocycles. The van der Waals surface area contributed by atoms with Crippen LogP contribution in [0.25, 0.3) is 12.2 Å². The van der Waals surface area contributed by atoms with Gasteiger partial charge in [0, 0.05) is 3.57 Å². The molecule has 210 valence electrons. The molecule has 0 aromatic heterocycles. The molecule has 6 bridgehead atoms. The van der Waals surface area contributed by atoms with Crippen molar-refractivity contribution in [3.63, 3.8) is 0 Å². The van der Waals surface area contributed by atoms with Crippen LogP contribution in [0.3, 0.4) is 0 Å². The van der Waals surface area contributed by atoms with Crippen molar-refractivity contribution in [2.45, 2.75) is 11.8 Å². The van der Waals surface area contributed by atoms with Crippen LogP contribution >= 0.6 is 30.5 Å². The molecule has 0 saturated carbocycles. The normalized spacial score (nSPS) is 17.6. The maximum Gasteiger partial charge on any atom is 4.00 e. The fourth-order valence-electron chi connectivity index (χ4n) is 5.73. The molecule has 0 spiro atoms. The summed E-state index contributed by atoms with van der Waals surface area (Å²) in [6.45, 7) is 0. The Morgan fingerprint density at radius 1 is 0.581 bits per heavy atom. The van der Waals surface area contributed by atoms with E-state index in [4.69, 9.17) is 0 Å². The fourth-order valence-corrected chi connectivity index (χ4v) is 8.49. The summed E-state index contributed by atoms with van der Waals surface area (Å²) in [5, 5.41) is 3.83. The van der Waals surface area contributed by atoms with Gasteiger partial charge in [0.15, 0.2) is 0 Å². The van der Waals surface area contributed by atoms with Crippen molar-refractivity contribution < 1.29 is 59.8 Å². The van der Waals surface area contributed by atoms with Crippen LogP contribution in [0.15, 0.2) is 109 Å². The van der Waals surface area contributed by atoms with Crippen molar-refractivity contribution >= 4 is 58.6 Å². The van der Waals surface area contributed by atoms with E-state index in [0.717, 1.165) is 33.4 Å². The second kappa shape index (κ2) is 14.4. The van der Waals surface area contributed by atoms with E-state index < -0.39 is 7.92 Å². The smallest absolute Gasteiger partial charge is 1.00 e. The number of halogens is 5. The molecule has 2 heterocycles. The molecule has 0 N–H and O–H groups in total. The molecule has 0 fully saturated rings. The Hall–Kier alpha value is -1.94. The van der Waals surface area contributed by atoms with Crippen LogP contribution in [0.2, 0.25) is 0 Å². The van der Waals surface area contributed by atoms with Gasteiger partial charge >= 0.3 is 26.2 Å². The number of hydrogen-bond donors (Lipinski definition) is 0. The maximum absolute atomic E-state index is 14.6. The van der Waals surface area contributed by atoms with Crippen LogP contribution < -0.4 is 40.7 Å². The van der Waals surface area contributed by atoms with Gasteiger partial charge in [0.05, 0.1) is 0 Å². The minimum Gasteiger partial charge on any atom is -1.00 e. The Morgan fingerprint density at radius 3 is 1.86 bits per heavy atom. The molecule has 0 nitrogen and oxygen atoms in total. The Labute approximate surface area is 297 Å². The first-order valence-corrected chi connectivity index (χ1v) is 15.5. The third-order valence-corrected chi connectivity index (χ3v) is 10.8. The van der Waals surface area contributed by atoms with Gasteiger partial charge in [-0.05, 0) is 65.4 Å². The van der Waals surface area contributed by atoms with Crippen molar-refractivity contribution in [3.8, 4) is 0 Å². The van der Waals surface area contributed by atoms with E-state index in [1.807, 2.05) is 54.6 Å². The van der Waals surface area contributed by atoms with Gasteiger partial charge in [-0.2, -0.15) is 11.1 Å². The van der Waals surface area contributed by atoms with Crippen molar-refractivity contribution in [3.05, 3.63) is 170 Å². The number of rotatable bonds is 2.